The smallest absolute Gasteiger partial charge is 0.223 e. The van der Waals surface area contributed by atoms with Crippen LogP contribution in [0.1, 0.15) is 49.7 Å². The average molecular weight is 260 g/mol. The highest BCUT2D eigenvalue weighted by Crippen LogP contribution is 2.15. The van der Waals surface area contributed by atoms with Crippen molar-refractivity contribution in [1.29, 1.82) is 0 Å². The van der Waals surface area contributed by atoms with E-state index >= 15 is 0 Å². The first-order valence-corrected chi connectivity index (χ1v) is 6.61. The summed E-state index contributed by atoms with van der Waals surface area (Å²) in [6.45, 7) is 8.75. The molecule has 0 aliphatic carbocycles. The Morgan fingerprint density at radius 2 is 2.11 bits per heavy atom. The van der Waals surface area contributed by atoms with Gasteiger partial charge in [0.25, 0.3) is 0 Å². The van der Waals surface area contributed by atoms with Gasteiger partial charge in [-0.15, -0.1) is 0 Å². The van der Waals surface area contributed by atoms with Gasteiger partial charge in [0.1, 0.15) is 5.76 Å². The molecule has 0 unspecified atom stereocenters. The number of aromatic nitrogens is 3. The van der Waals surface area contributed by atoms with Crippen LogP contribution in [0.2, 0.25) is 0 Å². The fourth-order valence-corrected chi connectivity index (χ4v) is 1.72. The zero-order valence-electron chi connectivity index (χ0n) is 11.9. The van der Waals surface area contributed by atoms with Crippen LogP contribution in [0.4, 0.5) is 5.95 Å². The van der Waals surface area contributed by atoms with E-state index in [1.807, 2.05) is 19.9 Å². The minimum Gasteiger partial charge on any atom is -0.444 e. The van der Waals surface area contributed by atoms with Gasteiger partial charge in [0.05, 0.1) is 12.7 Å². The lowest BCUT2D eigenvalue weighted by molar-refractivity contribution is 0.465. The molecule has 0 fully saturated rings. The van der Waals surface area contributed by atoms with E-state index in [2.05, 4.69) is 34.1 Å². The predicted octanol–water partition coefficient (Wildman–Crippen LogP) is 3.07. The van der Waals surface area contributed by atoms with Gasteiger partial charge in [-0.05, 0) is 18.9 Å². The van der Waals surface area contributed by atoms with E-state index in [1.165, 1.54) is 0 Å². The summed E-state index contributed by atoms with van der Waals surface area (Å²) in [4.78, 5) is 13.0. The number of hydrogen-bond acceptors (Lipinski definition) is 5. The molecule has 0 radical (unpaired) electrons. The van der Waals surface area contributed by atoms with E-state index in [0.717, 1.165) is 23.6 Å². The van der Waals surface area contributed by atoms with Crippen molar-refractivity contribution in [3.05, 3.63) is 35.3 Å². The molecule has 0 amide bonds. The molecule has 0 bridgehead atoms. The van der Waals surface area contributed by atoms with Crippen LogP contribution in [0.5, 0.6) is 0 Å². The van der Waals surface area contributed by atoms with Gasteiger partial charge in [0, 0.05) is 17.8 Å². The molecule has 0 aliphatic rings. The van der Waals surface area contributed by atoms with Crippen LogP contribution in [-0.2, 0) is 13.0 Å². The van der Waals surface area contributed by atoms with E-state index in [-0.39, 0.29) is 0 Å². The van der Waals surface area contributed by atoms with Crippen molar-refractivity contribution in [2.75, 3.05) is 5.32 Å². The molecule has 0 aromatic carbocycles. The monoisotopic (exact) mass is 260 g/mol. The summed E-state index contributed by atoms with van der Waals surface area (Å²) < 4.78 is 5.53. The second kappa shape index (κ2) is 5.82. The third-order valence-electron chi connectivity index (χ3n) is 2.81. The van der Waals surface area contributed by atoms with Gasteiger partial charge in [-0.3, -0.25) is 0 Å². The van der Waals surface area contributed by atoms with Crippen molar-refractivity contribution in [2.45, 2.75) is 46.6 Å². The van der Waals surface area contributed by atoms with Crippen LogP contribution >= 0.6 is 0 Å². The first-order valence-electron chi connectivity index (χ1n) is 6.61. The highest BCUT2D eigenvalue weighted by atomic mass is 16.4. The topological polar surface area (TPSA) is 63.8 Å². The van der Waals surface area contributed by atoms with Gasteiger partial charge < -0.3 is 9.73 Å². The van der Waals surface area contributed by atoms with E-state index < -0.39 is 0 Å². The normalized spacial score (nSPS) is 11.0. The summed E-state index contributed by atoms with van der Waals surface area (Å²) in [5.74, 6) is 2.56. The van der Waals surface area contributed by atoms with Crippen molar-refractivity contribution in [3.8, 4) is 0 Å². The number of aryl methyl sites for hydroxylation is 2. The maximum atomic E-state index is 5.53. The highest BCUT2D eigenvalue weighted by molar-refractivity contribution is 5.29. The lowest BCUT2D eigenvalue weighted by Crippen LogP contribution is -2.07. The Morgan fingerprint density at radius 3 is 2.74 bits per heavy atom. The van der Waals surface area contributed by atoms with Crippen LogP contribution < -0.4 is 5.32 Å². The first kappa shape index (κ1) is 13.5. The molecule has 2 aromatic heterocycles. The molecule has 19 heavy (non-hydrogen) atoms. The van der Waals surface area contributed by atoms with Crippen LogP contribution in [0.25, 0.3) is 0 Å². The molecule has 0 spiro atoms. The van der Waals surface area contributed by atoms with E-state index in [9.17, 15) is 0 Å². The number of oxazole rings is 1. The minimum absolute atomic E-state index is 0.385. The summed E-state index contributed by atoms with van der Waals surface area (Å²) in [6.07, 6.45) is 2.61. The molecule has 0 saturated carbocycles. The summed E-state index contributed by atoms with van der Waals surface area (Å²) in [6, 6.07) is 2.01. The summed E-state index contributed by atoms with van der Waals surface area (Å²) in [5, 5.41) is 3.16. The Bertz CT molecular complexity index is 548. The number of hydrogen-bond donors (Lipinski definition) is 1. The highest BCUT2D eigenvalue weighted by Gasteiger charge is 2.07. The van der Waals surface area contributed by atoms with Crippen LogP contribution in [-0.4, -0.2) is 15.0 Å². The van der Waals surface area contributed by atoms with Crippen LogP contribution in [0.3, 0.4) is 0 Å². The molecule has 0 aliphatic heterocycles. The van der Waals surface area contributed by atoms with Crippen molar-refractivity contribution < 1.29 is 4.42 Å². The molecule has 0 saturated heterocycles. The first-order chi connectivity index (χ1) is 9.08. The van der Waals surface area contributed by atoms with Gasteiger partial charge in [-0.2, -0.15) is 0 Å². The fraction of sp³-hybridized carbons (Fsp3) is 0.500. The Morgan fingerprint density at radius 1 is 1.32 bits per heavy atom. The van der Waals surface area contributed by atoms with Gasteiger partial charge in [0.2, 0.25) is 11.8 Å². The molecule has 0 atom stereocenters. The molecule has 2 heterocycles. The van der Waals surface area contributed by atoms with Crippen molar-refractivity contribution in [1.82, 2.24) is 15.0 Å². The summed E-state index contributed by atoms with van der Waals surface area (Å²) >= 11 is 0. The molecular weight excluding hydrogens is 240 g/mol. The lowest BCUT2D eigenvalue weighted by atomic mass is 10.1. The van der Waals surface area contributed by atoms with Gasteiger partial charge in [0.15, 0.2) is 0 Å². The number of nitrogens with one attached hydrogen (secondary N) is 1. The maximum Gasteiger partial charge on any atom is 0.223 e. The third-order valence-corrected chi connectivity index (χ3v) is 2.81. The van der Waals surface area contributed by atoms with E-state index in [4.69, 9.17) is 4.42 Å². The van der Waals surface area contributed by atoms with Gasteiger partial charge in [-0.1, -0.05) is 20.8 Å². The standard InChI is InChI=1S/C14H20N4O/c1-5-11-7-15-13(19-11)8-16-14-17-10(4)6-12(18-14)9(2)3/h6-7,9H,5,8H2,1-4H3,(H,16,17,18). The molecule has 5 heteroatoms. The predicted molar refractivity (Wildman–Crippen MR) is 74.1 cm³/mol. The van der Waals surface area contributed by atoms with Gasteiger partial charge in [-0.25, -0.2) is 15.0 Å². The lowest BCUT2D eigenvalue weighted by Gasteiger charge is -2.09. The quantitative estimate of drug-likeness (QED) is 0.895. The van der Waals surface area contributed by atoms with Crippen LogP contribution in [0.15, 0.2) is 16.7 Å². The largest absolute Gasteiger partial charge is 0.444 e. The number of rotatable bonds is 5. The SMILES string of the molecule is CCc1cnc(CNc2nc(C)cc(C(C)C)n2)o1. The molecule has 102 valence electrons. The second-order valence-corrected chi connectivity index (χ2v) is 4.84. The molecular formula is C14H20N4O. The number of anilines is 1. The molecule has 2 rings (SSSR count). The van der Waals surface area contributed by atoms with Crippen LogP contribution in [0, 0.1) is 6.92 Å². The second-order valence-electron chi connectivity index (χ2n) is 4.84. The zero-order chi connectivity index (χ0) is 13.8. The Balaban J connectivity index is 2.06. The Labute approximate surface area is 113 Å². The van der Waals surface area contributed by atoms with Crippen molar-refractivity contribution in [2.24, 2.45) is 0 Å². The summed E-state index contributed by atoms with van der Waals surface area (Å²) in [5.41, 5.74) is 2.00. The average Bonchev–Trinajstić information content (AvgIpc) is 2.83. The van der Waals surface area contributed by atoms with Crippen molar-refractivity contribution in [3.63, 3.8) is 0 Å². The summed E-state index contributed by atoms with van der Waals surface area (Å²) in [7, 11) is 0. The van der Waals surface area contributed by atoms with Crippen molar-refractivity contribution >= 4 is 5.95 Å². The molecule has 5 nitrogen and oxygen atoms in total. The fourth-order valence-electron chi connectivity index (χ4n) is 1.72. The maximum absolute atomic E-state index is 5.53. The zero-order valence-corrected chi connectivity index (χ0v) is 11.9. The Kier molecular flexibility index (Phi) is 4.14. The van der Waals surface area contributed by atoms with Gasteiger partial charge >= 0.3 is 0 Å². The minimum atomic E-state index is 0.385. The third kappa shape index (κ3) is 3.53. The van der Waals surface area contributed by atoms with E-state index in [1.54, 1.807) is 6.20 Å². The molecule has 2 aromatic rings. The number of nitrogens with zero attached hydrogens (tertiary/aromatic N) is 3. The molecule has 1 N–H and O–H groups in total. The van der Waals surface area contributed by atoms with E-state index in [0.29, 0.717) is 24.3 Å². The Hall–Kier alpha value is -1.91.